The first-order valence-electron chi connectivity index (χ1n) is 5.37. The third-order valence-electron chi connectivity index (χ3n) is 3.05. The molecule has 0 aliphatic heterocycles. The van der Waals surface area contributed by atoms with E-state index in [-0.39, 0.29) is 18.2 Å². The molecule has 2 rings (SSSR count). The fourth-order valence-electron chi connectivity index (χ4n) is 1.64. The molecule has 1 aliphatic carbocycles. The van der Waals surface area contributed by atoms with E-state index in [9.17, 15) is 9.18 Å². The SMILES string of the molecule is COc1ccc(F)cc1NC(=O)C1(CO)CC1. The van der Waals surface area contributed by atoms with Crippen molar-refractivity contribution in [1.82, 2.24) is 0 Å². The number of aliphatic hydroxyl groups excluding tert-OH is 1. The number of hydrogen-bond donors (Lipinski definition) is 2. The van der Waals surface area contributed by atoms with Crippen LogP contribution >= 0.6 is 0 Å². The first kappa shape index (κ1) is 11.9. The molecule has 0 radical (unpaired) electrons. The zero-order chi connectivity index (χ0) is 12.5. The molecule has 4 nitrogen and oxygen atoms in total. The summed E-state index contributed by atoms with van der Waals surface area (Å²) in [6, 6.07) is 3.90. The standard InChI is InChI=1S/C12H14FNO3/c1-17-10-3-2-8(13)6-9(10)14-11(16)12(7-15)4-5-12/h2-3,6,15H,4-5,7H2,1H3,(H,14,16). The number of amides is 1. The lowest BCUT2D eigenvalue weighted by Gasteiger charge is -2.14. The molecular weight excluding hydrogens is 225 g/mol. The minimum Gasteiger partial charge on any atom is -0.495 e. The van der Waals surface area contributed by atoms with Gasteiger partial charge in [-0.25, -0.2) is 4.39 Å². The topological polar surface area (TPSA) is 58.6 Å². The molecule has 17 heavy (non-hydrogen) atoms. The van der Waals surface area contributed by atoms with Crippen molar-refractivity contribution in [3.8, 4) is 5.75 Å². The summed E-state index contributed by atoms with van der Waals surface area (Å²) in [5, 5.41) is 11.7. The van der Waals surface area contributed by atoms with Gasteiger partial charge in [0, 0.05) is 6.07 Å². The van der Waals surface area contributed by atoms with Gasteiger partial charge in [-0.15, -0.1) is 0 Å². The van der Waals surface area contributed by atoms with Crippen molar-refractivity contribution in [3.63, 3.8) is 0 Å². The number of hydrogen-bond acceptors (Lipinski definition) is 3. The largest absolute Gasteiger partial charge is 0.495 e. The Kier molecular flexibility index (Phi) is 3.02. The number of aliphatic hydroxyl groups is 1. The summed E-state index contributed by atoms with van der Waals surface area (Å²) in [5.41, 5.74) is -0.394. The minimum absolute atomic E-state index is 0.184. The van der Waals surface area contributed by atoms with Crippen LogP contribution in [0.25, 0.3) is 0 Å². The molecule has 1 aromatic rings. The van der Waals surface area contributed by atoms with E-state index < -0.39 is 11.2 Å². The highest BCUT2D eigenvalue weighted by Gasteiger charge is 2.49. The van der Waals surface area contributed by atoms with Crippen LogP contribution in [0.4, 0.5) is 10.1 Å². The van der Waals surface area contributed by atoms with E-state index >= 15 is 0 Å². The number of carbonyl (C=O) groups excluding carboxylic acids is 1. The van der Waals surface area contributed by atoms with Gasteiger partial charge in [0.2, 0.25) is 5.91 Å². The molecule has 1 aromatic carbocycles. The number of rotatable bonds is 4. The van der Waals surface area contributed by atoms with E-state index in [4.69, 9.17) is 9.84 Å². The zero-order valence-corrected chi connectivity index (χ0v) is 9.50. The van der Waals surface area contributed by atoms with Gasteiger partial charge in [-0.05, 0) is 25.0 Å². The molecule has 2 N–H and O–H groups in total. The molecule has 0 spiro atoms. The van der Waals surface area contributed by atoms with Crippen LogP contribution in [0, 0.1) is 11.2 Å². The molecule has 1 saturated carbocycles. The maximum Gasteiger partial charge on any atom is 0.233 e. The molecular formula is C12H14FNO3. The fraction of sp³-hybridized carbons (Fsp3) is 0.417. The predicted molar refractivity (Wildman–Crippen MR) is 60.3 cm³/mol. The lowest BCUT2D eigenvalue weighted by Crippen LogP contribution is -2.27. The third kappa shape index (κ3) is 2.24. The average molecular weight is 239 g/mol. The van der Waals surface area contributed by atoms with E-state index in [0.717, 1.165) is 0 Å². The van der Waals surface area contributed by atoms with E-state index in [1.54, 1.807) is 0 Å². The van der Waals surface area contributed by atoms with E-state index in [2.05, 4.69) is 5.32 Å². The maximum atomic E-state index is 13.1. The van der Waals surface area contributed by atoms with Gasteiger partial charge in [0.15, 0.2) is 0 Å². The Morgan fingerprint density at radius 1 is 1.59 bits per heavy atom. The number of ether oxygens (including phenoxy) is 1. The maximum absolute atomic E-state index is 13.1. The van der Waals surface area contributed by atoms with E-state index in [1.807, 2.05) is 0 Å². The highest BCUT2D eigenvalue weighted by Crippen LogP contribution is 2.46. The van der Waals surface area contributed by atoms with Crippen LogP contribution in [0.1, 0.15) is 12.8 Å². The molecule has 1 fully saturated rings. The van der Waals surface area contributed by atoms with Gasteiger partial charge < -0.3 is 15.2 Å². The van der Waals surface area contributed by atoms with Crippen LogP contribution in [0.5, 0.6) is 5.75 Å². The quantitative estimate of drug-likeness (QED) is 0.838. The summed E-state index contributed by atoms with van der Waals surface area (Å²) in [7, 11) is 1.45. The average Bonchev–Trinajstić information content (AvgIpc) is 3.10. The molecule has 0 unspecified atom stereocenters. The predicted octanol–water partition coefficient (Wildman–Crippen LogP) is 1.55. The van der Waals surface area contributed by atoms with Crippen molar-refractivity contribution in [2.24, 2.45) is 5.41 Å². The summed E-state index contributed by atoms with van der Waals surface area (Å²) >= 11 is 0. The lowest BCUT2D eigenvalue weighted by atomic mass is 10.1. The Labute approximate surface area is 98.4 Å². The summed E-state index contributed by atoms with van der Waals surface area (Å²) in [6.45, 7) is -0.184. The van der Waals surface area contributed by atoms with Crippen molar-refractivity contribution in [1.29, 1.82) is 0 Å². The minimum atomic E-state index is -0.683. The molecule has 0 aromatic heterocycles. The normalized spacial score (nSPS) is 16.4. The van der Waals surface area contributed by atoms with Crippen LogP contribution in [0.2, 0.25) is 0 Å². The van der Waals surface area contributed by atoms with Crippen LogP contribution < -0.4 is 10.1 Å². The van der Waals surface area contributed by atoms with Gasteiger partial charge in [0.1, 0.15) is 11.6 Å². The second-order valence-corrected chi connectivity index (χ2v) is 4.24. The highest BCUT2D eigenvalue weighted by atomic mass is 19.1. The van der Waals surface area contributed by atoms with Gasteiger partial charge in [0.05, 0.1) is 24.8 Å². The summed E-state index contributed by atoms with van der Waals surface area (Å²) < 4.78 is 18.1. The number of benzene rings is 1. The van der Waals surface area contributed by atoms with Crippen LogP contribution in [-0.4, -0.2) is 24.7 Å². The molecule has 0 bridgehead atoms. The van der Waals surface area contributed by atoms with Crippen LogP contribution in [0.3, 0.4) is 0 Å². The summed E-state index contributed by atoms with van der Waals surface area (Å²) in [4.78, 5) is 11.9. The molecule has 5 heteroatoms. The Balaban J connectivity index is 2.18. The van der Waals surface area contributed by atoms with Crippen molar-refractivity contribution in [2.45, 2.75) is 12.8 Å². The van der Waals surface area contributed by atoms with Crippen molar-refractivity contribution in [2.75, 3.05) is 19.0 Å². The highest BCUT2D eigenvalue weighted by molar-refractivity contribution is 5.98. The second-order valence-electron chi connectivity index (χ2n) is 4.24. The number of halogens is 1. The Morgan fingerprint density at radius 3 is 2.82 bits per heavy atom. The van der Waals surface area contributed by atoms with Gasteiger partial charge in [0.25, 0.3) is 0 Å². The lowest BCUT2D eigenvalue weighted by molar-refractivity contribution is -0.122. The fourth-order valence-corrected chi connectivity index (χ4v) is 1.64. The van der Waals surface area contributed by atoms with Crippen molar-refractivity contribution in [3.05, 3.63) is 24.0 Å². The molecule has 0 heterocycles. The number of nitrogens with one attached hydrogen (secondary N) is 1. The van der Waals surface area contributed by atoms with Crippen LogP contribution in [0.15, 0.2) is 18.2 Å². The van der Waals surface area contributed by atoms with Crippen molar-refractivity contribution < 1.29 is 19.0 Å². The Hall–Kier alpha value is -1.62. The first-order valence-corrected chi connectivity index (χ1v) is 5.37. The van der Waals surface area contributed by atoms with Gasteiger partial charge in [-0.2, -0.15) is 0 Å². The molecule has 1 aliphatic rings. The van der Waals surface area contributed by atoms with E-state index in [1.165, 1.54) is 25.3 Å². The third-order valence-corrected chi connectivity index (χ3v) is 3.05. The van der Waals surface area contributed by atoms with Gasteiger partial charge >= 0.3 is 0 Å². The molecule has 92 valence electrons. The summed E-state index contributed by atoms with van der Waals surface area (Å²) in [5.74, 6) is -0.340. The molecule has 1 amide bonds. The summed E-state index contributed by atoms with van der Waals surface area (Å²) in [6.07, 6.45) is 1.32. The Bertz CT molecular complexity index is 443. The van der Waals surface area contributed by atoms with Gasteiger partial charge in [-0.1, -0.05) is 0 Å². The number of carbonyl (C=O) groups is 1. The number of methoxy groups -OCH3 is 1. The second kappa shape index (κ2) is 4.33. The smallest absolute Gasteiger partial charge is 0.233 e. The monoisotopic (exact) mass is 239 g/mol. The molecule has 0 atom stereocenters. The Morgan fingerprint density at radius 2 is 2.29 bits per heavy atom. The first-order chi connectivity index (χ1) is 8.11. The molecule has 0 saturated heterocycles. The zero-order valence-electron chi connectivity index (χ0n) is 9.50. The number of anilines is 1. The van der Waals surface area contributed by atoms with Gasteiger partial charge in [-0.3, -0.25) is 4.79 Å². The van der Waals surface area contributed by atoms with Crippen molar-refractivity contribution >= 4 is 11.6 Å². The van der Waals surface area contributed by atoms with Crippen LogP contribution in [-0.2, 0) is 4.79 Å². The van der Waals surface area contributed by atoms with E-state index in [0.29, 0.717) is 18.6 Å².